The monoisotopic (exact) mass is 389 g/mol. The number of thioether (sulfide) groups is 1. The Labute approximate surface area is 162 Å². The van der Waals surface area contributed by atoms with Gasteiger partial charge >= 0.3 is 0 Å². The number of aryl methyl sites for hydroxylation is 1. The number of nitrogens with zero attached hydrogens (tertiary/aromatic N) is 1. The van der Waals surface area contributed by atoms with E-state index in [2.05, 4.69) is 41.5 Å². The van der Waals surface area contributed by atoms with Crippen LogP contribution in [0.1, 0.15) is 33.3 Å². The highest BCUT2D eigenvalue weighted by atomic mass is 32.2. The first-order valence-corrected chi connectivity index (χ1v) is 10.6. The molecule has 0 atom stereocenters. The third kappa shape index (κ3) is 4.08. The highest BCUT2D eigenvalue weighted by molar-refractivity contribution is 7.99. The Morgan fingerprint density at radius 2 is 2.00 bits per heavy atom. The lowest BCUT2D eigenvalue weighted by molar-refractivity contribution is 0.535. The minimum atomic E-state index is -0.145. The molecular formula is C20H24FN3S2. The van der Waals surface area contributed by atoms with Crippen LogP contribution in [0.3, 0.4) is 0 Å². The molecule has 0 aliphatic carbocycles. The number of fused-ring (bicyclic) bond motifs is 1. The van der Waals surface area contributed by atoms with Crippen molar-refractivity contribution in [2.45, 2.75) is 49.4 Å². The van der Waals surface area contributed by atoms with Crippen molar-refractivity contribution < 1.29 is 4.39 Å². The number of pyridine rings is 1. The normalized spacial score (nSPS) is 12.1. The van der Waals surface area contributed by atoms with Gasteiger partial charge in [0.1, 0.15) is 5.82 Å². The van der Waals surface area contributed by atoms with E-state index in [0.29, 0.717) is 6.42 Å². The van der Waals surface area contributed by atoms with E-state index in [9.17, 15) is 4.39 Å². The highest BCUT2D eigenvalue weighted by Gasteiger charge is 2.16. The molecule has 2 N–H and O–H groups in total. The summed E-state index contributed by atoms with van der Waals surface area (Å²) in [6.07, 6.45) is 4.55. The van der Waals surface area contributed by atoms with Gasteiger partial charge in [-0.2, -0.15) is 0 Å². The van der Waals surface area contributed by atoms with Gasteiger partial charge in [0.15, 0.2) is 0 Å². The molecule has 3 rings (SSSR count). The second-order valence-corrected chi connectivity index (χ2v) is 8.91. The van der Waals surface area contributed by atoms with Crippen LogP contribution in [0.25, 0.3) is 22.3 Å². The quantitative estimate of drug-likeness (QED) is 0.412. The Morgan fingerprint density at radius 1 is 1.23 bits per heavy atom. The van der Waals surface area contributed by atoms with Crippen LogP contribution < -0.4 is 4.72 Å². The van der Waals surface area contributed by atoms with Crippen LogP contribution in [0.5, 0.6) is 0 Å². The number of hydrogen-bond acceptors (Lipinski definition) is 4. The third-order valence-electron chi connectivity index (χ3n) is 3.97. The third-order valence-corrected chi connectivity index (χ3v) is 5.99. The first-order valence-electron chi connectivity index (χ1n) is 8.61. The first kappa shape index (κ1) is 19.3. The van der Waals surface area contributed by atoms with E-state index in [1.807, 2.05) is 31.5 Å². The van der Waals surface area contributed by atoms with Crippen LogP contribution in [0.4, 0.5) is 4.39 Å². The second-order valence-electron chi connectivity index (χ2n) is 7.21. The Morgan fingerprint density at radius 3 is 2.58 bits per heavy atom. The Kier molecular flexibility index (Phi) is 5.65. The Balaban J connectivity index is 1.97. The predicted octanol–water partition coefficient (Wildman–Crippen LogP) is 6.05. The summed E-state index contributed by atoms with van der Waals surface area (Å²) in [4.78, 5) is 10.1. The van der Waals surface area contributed by atoms with Gasteiger partial charge < -0.3 is 4.98 Å². The molecule has 2 heterocycles. The summed E-state index contributed by atoms with van der Waals surface area (Å²) in [6.45, 7) is 8.34. The predicted molar refractivity (Wildman–Crippen MR) is 111 cm³/mol. The number of benzene rings is 1. The minimum Gasteiger partial charge on any atom is -0.352 e. The summed E-state index contributed by atoms with van der Waals surface area (Å²) in [5.41, 5.74) is 3.53. The molecule has 0 aliphatic rings. The van der Waals surface area contributed by atoms with Gasteiger partial charge in [0.25, 0.3) is 0 Å². The molecule has 0 fully saturated rings. The van der Waals surface area contributed by atoms with Gasteiger partial charge in [-0.05, 0) is 75.2 Å². The molecule has 2 aromatic heterocycles. The van der Waals surface area contributed by atoms with E-state index in [1.165, 1.54) is 0 Å². The number of aromatic nitrogens is 2. The molecule has 0 radical (unpaired) electrons. The second kappa shape index (κ2) is 7.62. The van der Waals surface area contributed by atoms with E-state index in [0.717, 1.165) is 37.6 Å². The lowest BCUT2D eigenvalue weighted by Gasteiger charge is -2.19. The van der Waals surface area contributed by atoms with Crippen molar-refractivity contribution in [3.8, 4) is 11.4 Å². The molecule has 0 bridgehead atoms. The molecule has 138 valence electrons. The molecule has 1 aromatic carbocycles. The van der Waals surface area contributed by atoms with E-state index in [1.54, 1.807) is 29.8 Å². The highest BCUT2D eigenvalue weighted by Crippen LogP contribution is 2.37. The maximum atomic E-state index is 14.2. The van der Waals surface area contributed by atoms with E-state index >= 15 is 0 Å². The fourth-order valence-corrected chi connectivity index (χ4v) is 4.11. The molecular weight excluding hydrogens is 365 g/mol. The smallest absolute Gasteiger partial charge is 0.127 e. The zero-order chi connectivity index (χ0) is 18.9. The minimum absolute atomic E-state index is 0.0353. The number of nitrogens with one attached hydrogen (secondary N) is 2. The molecule has 3 aromatic rings. The van der Waals surface area contributed by atoms with Crippen molar-refractivity contribution in [3.63, 3.8) is 0 Å². The van der Waals surface area contributed by atoms with Crippen LogP contribution in [-0.2, 0) is 6.42 Å². The van der Waals surface area contributed by atoms with Crippen LogP contribution >= 0.6 is 23.7 Å². The molecule has 6 heteroatoms. The largest absolute Gasteiger partial charge is 0.352 e. The maximum absolute atomic E-state index is 14.2. The van der Waals surface area contributed by atoms with Crippen molar-refractivity contribution in [2.75, 3.05) is 6.26 Å². The number of rotatable bonds is 5. The summed E-state index contributed by atoms with van der Waals surface area (Å²) in [6, 6.07) is 7.61. The van der Waals surface area contributed by atoms with Crippen molar-refractivity contribution in [1.29, 1.82) is 0 Å². The maximum Gasteiger partial charge on any atom is 0.127 e. The zero-order valence-electron chi connectivity index (χ0n) is 15.7. The lowest BCUT2D eigenvalue weighted by atomic mass is 10.1. The van der Waals surface area contributed by atoms with Gasteiger partial charge in [-0.1, -0.05) is 6.92 Å². The first-order chi connectivity index (χ1) is 12.3. The average molecular weight is 390 g/mol. The molecule has 0 unspecified atom stereocenters. The molecule has 0 spiro atoms. The SMILES string of the molecule is CCc1cc2[nH]c(-c3ccc(SNC(C)(C)C)cn3)c(SC)c2cc1F. The van der Waals surface area contributed by atoms with Crippen molar-refractivity contribution >= 4 is 34.6 Å². The summed E-state index contributed by atoms with van der Waals surface area (Å²) in [5, 5.41) is 0.914. The zero-order valence-corrected chi connectivity index (χ0v) is 17.4. The number of hydrogen-bond donors (Lipinski definition) is 2. The molecule has 0 saturated carbocycles. The van der Waals surface area contributed by atoms with E-state index in [-0.39, 0.29) is 11.4 Å². The van der Waals surface area contributed by atoms with Gasteiger partial charge in [-0.3, -0.25) is 9.71 Å². The summed E-state index contributed by atoms with van der Waals surface area (Å²) >= 11 is 3.19. The Bertz CT molecular complexity index is 911. The van der Waals surface area contributed by atoms with Crippen LogP contribution in [0.15, 0.2) is 40.3 Å². The average Bonchev–Trinajstić information content (AvgIpc) is 2.96. The Hall–Kier alpha value is -1.50. The molecule has 0 saturated heterocycles. The van der Waals surface area contributed by atoms with Gasteiger partial charge in [0, 0.05) is 32.4 Å². The van der Waals surface area contributed by atoms with Gasteiger partial charge in [-0.15, -0.1) is 11.8 Å². The van der Waals surface area contributed by atoms with E-state index in [4.69, 9.17) is 0 Å². The van der Waals surface area contributed by atoms with Gasteiger partial charge in [0.05, 0.1) is 11.4 Å². The standard InChI is InChI=1S/C20H24FN3S2/c1-6-12-9-17-14(10-15(12)21)19(25-5)18(23-17)16-8-7-13(11-22-16)26-24-20(2,3)4/h7-11,23-24H,6H2,1-5H3. The van der Waals surface area contributed by atoms with E-state index < -0.39 is 0 Å². The van der Waals surface area contributed by atoms with Crippen LogP contribution in [0.2, 0.25) is 0 Å². The van der Waals surface area contributed by atoms with Gasteiger partial charge in [-0.25, -0.2) is 4.39 Å². The topological polar surface area (TPSA) is 40.7 Å². The summed E-state index contributed by atoms with van der Waals surface area (Å²) in [7, 11) is 0. The molecule has 0 aliphatic heterocycles. The van der Waals surface area contributed by atoms with Crippen molar-refractivity contribution in [3.05, 3.63) is 41.8 Å². The van der Waals surface area contributed by atoms with Gasteiger partial charge in [0.2, 0.25) is 0 Å². The van der Waals surface area contributed by atoms with Crippen molar-refractivity contribution in [1.82, 2.24) is 14.7 Å². The lowest BCUT2D eigenvalue weighted by Crippen LogP contribution is -2.29. The van der Waals surface area contributed by atoms with Crippen molar-refractivity contribution in [2.24, 2.45) is 0 Å². The molecule has 0 amide bonds. The number of aromatic amines is 1. The fourth-order valence-electron chi connectivity index (χ4n) is 2.70. The van der Waals surface area contributed by atoms with Crippen LogP contribution in [-0.4, -0.2) is 21.8 Å². The molecule has 3 nitrogen and oxygen atoms in total. The van der Waals surface area contributed by atoms with Crippen LogP contribution in [0, 0.1) is 5.82 Å². The molecule has 26 heavy (non-hydrogen) atoms. The number of H-pyrrole nitrogens is 1. The number of halogens is 1. The summed E-state index contributed by atoms with van der Waals surface area (Å²) in [5.74, 6) is -0.145. The summed E-state index contributed by atoms with van der Waals surface area (Å²) < 4.78 is 17.6. The fraction of sp³-hybridized carbons (Fsp3) is 0.350.